The van der Waals surface area contributed by atoms with E-state index >= 15 is 0 Å². The first kappa shape index (κ1) is 14.8. The van der Waals surface area contributed by atoms with Gasteiger partial charge in [0.2, 0.25) is 5.79 Å². The predicted octanol–water partition coefficient (Wildman–Crippen LogP) is -0.836. The number of aliphatic hydroxyl groups excluding tert-OH is 4. The maximum atomic E-state index is 10.9. The second-order valence-corrected chi connectivity index (χ2v) is 5.56. The van der Waals surface area contributed by atoms with Crippen molar-refractivity contribution in [3.8, 4) is 5.75 Å². The summed E-state index contributed by atoms with van der Waals surface area (Å²) in [6.45, 7) is -0.712. The Hall–Kier alpha value is -1.74. The van der Waals surface area contributed by atoms with E-state index in [1.54, 1.807) is 18.2 Å². The molecule has 23 heavy (non-hydrogen) atoms. The van der Waals surface area contributed by atoms with E-state index in [0.29, 0.717) is 5.39 Å². The molecule has 124 valence electrons. The van der Waals surface area contributed by atoms with Gasteiger partial charge >= 0.3 is 0 Å². The van der Waals surface area contributed by atoms with Crippen molar-refractivity contribution < 1.29 is 36.7 Å². The quantitative estimate of drug-likeness (QED) is 0.425. The van der Waals surface area contributed by atoms with Crippen molar-refractivity contribution in [2.45, 2.75) is 30.2 Å². The maximum Gasteiger partial charge on any atom is 0.223 e. The number of benzene rings is 2. The van der Waals surface area contributed by atoms with Crippen LogP contribution in [0.2, 0.25) is 0 Å². The van der Waals surface area contributed by atoms with Crippen LogP contribution in [0, 0.1) is 0 Å². The number of hydrogen-bond donors (Lipinski definition) is 6. The minimum Gasteiger partial charge on any atom is -0.507 e. The van der Waals surface area contributed by atoms with E-state index in [4.69, 9.17) is 6.11 Å². The van der Waals surface area contributed by atoms with Crippen LogP contribution in [0.5, 0.6) is 5.75 Å². The van der Waals surface area contributed by atoms with E-state index in [1.807, 2.05) is 0 Å². The Kier molecular flexibility index (Phi) is 3.68. The van der Waals surface area contributed by atoms with Crippen molar-refractivity contribution in [2.75, 3.05) is 6.61 Å². The highest BCUT2D eigenvalue weighted by atomic mass is 16.7. The Morgan fingerprint density at radius 1 is 1.09 bits per heavy atom. The zero-order chi connectivity index (χ0) is 17.6. The third-order valence-electron chi connectivity index (χ3n) is 4.15. The fourth-order valence-corrected chi connectivity index (χ4v) is 2.88. The highest BCUT2D eigenvalue weighted by Crippen LogP contribution is 2.41. The van der Waals surface area contributed by atoms with Crippen LogP contribution >= 0.6 is 0 Å². The fourth-order valence-electron chi connectivity index (χ4n) is 2.88. The number of aromatic hydroxyl groups is 1. The zero-order valence-electron chi connectivity index (χ0n) is 13.0. The average Bonchev–Trinajstić information content (AvgIpc) is 2.56. The first-order valence-corrected chi connectivity index (χ1v) is 7.08. The molecular formula is C16H18O7. The fraction of sp³-hybridized carbons (Fsp3) is 0.375. The Morgan fingerprint density at radius 2 is 1.74 bits per heavy atom. The van der Waals surface area contributed by atoms with Crippen molar-refractivity contribution >= 4 is 10.8 Å². The van der Waals surface area contributed by atoms with Gasteiger partial charge in [-0.3, -0.25) is 0 Å². The summed E-state index contributed by atoms with van der Waals surface area (Å²) in [5, 5.41) is 60.8. The van der Waals surface area contributed by atoms with Crippen molar-refractivity contribution in [3.05, 3.63) is 41.9 Å². The normalized spacial score (nSPS) is 35.3. The van der Waals surface area contributed by atoms with Crippen molar-refractivity contribution in [1.82, 2.24) is 0 Å². The van der Waals surface area contributed by atoms with Crippen LogP contribution in [0.25, 0.3) is 10.8 Å². The van der Waals surface area contributed by atoms with Crippen molar-refractivity contribution in [2.24, 2.45) is 0 Å². The van der Waals surface area contributed by atoms with E-state index < -0.39 is 36.8 Å². The molecule has 3 rings (SSSR count). The molecule has 1 aliphatic heterocycles. The third kappa shape index (κ3) is 2.38. The first-order chi connectivity index (χ1) is 11.3. The average molecular weight is 323 g/mol. The summed E-state index contributed by atoms with van der Waals surface area (Å²) in [5.74, 6) is -2.73. The molecule has 0 radical (unpaired) electrons. The molecule has 0 aromatic heterocycles. The largest absolute Gasteiger partial charge is 0.507 e. The summed E-state index contributed by atoms with van der Waals surface area (Å²) in [6.07, 6.45) is -6.73. The van der Waals surface area contributed by atoms with Crippen LogP contribution in [0.4, 0.5) is 0 Å². The predicted molar refractivity (Wildman–Crippen MR) is 79.5 cm³/mol. The van der Waals surface area contributed by atoms with Gasteiger partial charge < -0.3 is 35.4 Å². The highest BCUT2D eigenvalue weighted by Gasteiger charge is 2.54. The highest BCUT2D eigenvalue weighted by molar-refractivity contribution is 5.91. The monoisotopic (exact) mass is 323 g/mol. The minimum atomic E-state index is -2.55. The van der Waals surface area contributed by atoms with Gasteiger partial charge in [-0.1, -0.05) is 24.3 Å². The van der Waals surface area contributed by atoms with Crippen LogP contribution in [-0.4, -0.2) is 61.7 Å². The summed E-state index contributed by atoms with van der Waals surface area (Å²) in [5.41, 5.74) is -0.173. The van der Waals surface area contributed by atoms with Gasteiger partial charge in [0.05, 0.1) is 7.98 Å². The molecule has 1 aliphatic rings. The summed E-state index contributed by atoms with van der Waals surface area (Å²) >= 11 is 0. The summed E-state index contributed by atoms with van der Waals surface area (Å²) in [4.78, 5) is 0. The summed E-state index contributed by atoms with van der Waals surface area (Å²) in [7, 11) is 0. The number of hydrogen-bond acceptors (Lipinski definition) is 7. The number of phenolic OH excluding ortho intramolecular Hbond substituents is 1. The van der Waals surface area contributed by atoms with Gasteiger partial charge in [-0.25, -0.2) is 0 Å². The lowest BCUT2D eigenvalue weighted by Gasteiger charge is -2.45. The Balaban J connectivity index is 2.25. The first-order valence-electron chi connectivity index (χ1n) is 7.58. The van der Waals surface area contributed by atoms with Crippen LogP contribution < -0.4 is 0 Å². The molecule has 5 atom stereocenters. The van der Waals surface area contributed by atoms with E-state index in [0.717, 1.165) is 6.07 Å². The molecule has 0 saturated carbocycles. The molecule has 0 aliphatic carbocycles. The summed E-state index contributed by atoms with van der Waals surface area (Å²) in [6, 6.07) is 7.08. The number of rotatable bonds is 2. The second kappa shape index (κ2) is 5.72. The van der Waals surface area contributed by atoms with Crippen LogP contribution in [0.15, 0.2) is 36.4 Å². The van der Waals surface area contributed by atoms with Crippen molar-refractivity contribution in [1.29, 1.82) is 0 Å². The molecule has 6 N–H and O–H groups in total. The number of ether oxygens (including phenoxy) is 1. The van der Waals surface area contributed by atoms with Gasteiger partial charge in [0.1, 0.15) is 30.2 Å². The van der Waals surface area contributed by atoms with Crippen LogP contribution in [0.3, 0.4) is 0 Å². The molecule has 0 bridgehead atoms. The smallest absolute Gasteiger partial charge is 0.223 e. The molecule has 1 fully saturated rings. The summed E-state index contributed by atoms with van der Waals surface area (Å²) < 4.78 is 13.3. The van der Waals surface area contributed by atoms with Crippen molar-refractivity contribution in [3.63, 3.8) is 0 Å². The molecule has 0 spiro atoms. The van der Waals surface area contributed by atoms with Gasteiger partial charge in [-0.2, -0.15) is 0 Å². The number of fused-ring (bicyclic) bond motifs is 1. The number of aliphatic hydroxyl groups is 5. The molecule has 1 heterocycles. The lowest BCUT2D eigenvalue weighted by molar-refractivity contribution is -0.357. The van der Waals surface area contributed by atoms with E-state index in [9.17, 15) is 30.6 Å². The van der Waals surface area contributed by atoms with Crippen LogP contribution in [0.1, 0.15) is 6.93 Å². The molecular weight excluding hydrogens is 304 g/mol. The maximum absolute atomic E-state index is 10.9. The molecule has 0 amide bonds. The molecule has 1 unspecified atom stereocenters. The number of phenols is 1. The molecule has 7 nitrogen and oxygen atoms in total. The standard InChI is InChI=1S/C16H18O7/c17-7-12-13(19)14(20)15(21)16(22,23-12)10-5-6-11(18)9-4-2-1-3-8(9)10/h1-6,12-15,17-22H,7H2/t12-,13-,14+,15-,16?/m1/s1/i5D. The van der Waals surface area contributed by atoms with E-state index in [-0.39, 0.29) is 22.7 Å². The lowest BCUT2D eigenvalue weighted by Crippen LogP contribution is -2.63. The van der Waals surface area contributed by atoms with Crippen LogP contribution in [-0.2, 0) is 10.5 Å². The Labute approximate surface area is 133 Å². The van der Waals surface area contributed by atoms with E-state index in [1.165, 1.54) is 6.07 Å². The van der Waals surface area contributed by atoms with Gasteiger partial charge in [0.25, 0.3) is 0 Å². The van der Waals surface area contributed by atoms with Gasteiger partial charge in [0.15, 0.2) is 0 Å². The zero-order valence-corrected chi connectivity index (χ0v) is 12.0. The Bertz CT molecular complexity index is 765. The topological polar surface area (TPSA) is 131 Å². The third-order valence-corrected chi connectivity index (χ3v) is 4.15. The molecule has 2 aromatic carbocycles. The van der Waals surface area contributed by atoms with Gasteiger partial charge in [-0.05, 0) is 17.5 Å². The van der Waals surface area contributed by atoms with E-state index in [2.05, 4.69) is 0 Å². The molecule has 7 heteroatoms. The lowest BCUT2D eigenvalue weighted by atomic mass is 9.86. The van der Waals surface area contributed by atoms with Gasteiger partial charge in [0, 0.05) is 10.9 Å². The molecule has 1 saturated heterocycles. The second-order valence-electron chi connectivity index (χ2n) is 5.56. The minimum absolute atomic E-state index is 0.173. The SMILES string of the molecule is [2H]c1cc(O)c2ccccc2c1C1(O)O[C@H](CO)[C@@H](O)[C@H](O)[C@H]1O. The van der Waals surface area contributed by atoms with Gasteiger partial charge in [-0.15, -0.1) is 0 Å². The molecule has 2 aromatic rings. The Morgan fingerprint density at radius 3 is 2.39 bits per heavy atom.